The highest BCUT2D eigenvalue weighted by Crippen LogP contribution is 2.45. The highest BCUT2D eigenvalue weighted by atomic mass is 35.5. The third-order valence-corrected chi connectivity index (χ3v) is 6.90. The molecule has 2 heterocycles. The summed E-state index contributed by atoms with van der Waals surface area (Å²) in [5, 5.41) is 13.0. The molecule has 0 spiro atoms. The van der Waals surface area contributed by atoms with Gasteiger partial charge in [0.1, 0.15) is 22.4 Å². The number of rotatable bonds is 4. The lowest BCUT2D eigenvalue weighted by atomic mass is 10.1. The number of benzene rings is 2. The van der Waals surface area contributed by atoms with Crippen molar-refractivity contribution in [2.75, 3.05) is 38.2 Å². The summed E-state index contributed by atoms with van der Waals surface area (Å²) >= 11 is 7.61. The van der Waals surface area contributed by atoms with Crippen LogP contribution >= 0.6 is 23.4 Å². The Balaban J connectivity index is 1.73. The van der Waals surface area contributed by atoms with Gasteiger partial charge in [-0.25, -0.2) is 0 Å². The van der Waals surface area contributed by atoms with Crippen LogP contribution in [0.5, 0.6) is 5.75 Å². The average molecular weight is 495 g/mol. The largest absolute Gasteiger partial charge is 0.497 e. The van der Waals surface area contributed by atoms with Crippen molar-refractivity contribution < 1.29 is 14.3 Å². The molecule has 0 aliphatic carbocycles. The average Bonchev–Trinajstić information content (AvgIpc) is 3.29. The first-order chi connectivity index (χ1) is 16.4. The second kappa shape index (κ2) is 10.2. The lowest BCUT2D eigenvalue weighted by molar-refractivity contribution is -0.136. The molecule has 9 heteroatoms. The van der Waals surface area contributed by atoms with E-state index in [1.165, 1.54) is 18.7 Å². The molecule has 34 heavy (non-hydrogen) atoms. The van der Waals surface area contributed by atoms with Gasteiger partial charge in [0, 0.05) is 54.8 Å². The number of amides is 2. The predicted octanol–water partition coefficient (Wildman–Crippen LogP) is 4.33. The number of nitrogens with zero attached hydrogens (tertiary/aromatic N) is 4. The lowest BCUT2D eigenvalue weighted by Crippen LogP contribution is -2.50. The van der Waals surface area contributed by atoms with E-state index in [4.69, 9.17) is 16.3 Å². The van der Waals surface area contributed by atoms with Gasteiger partial charge in [-0.3, -0.25) is 9.59 Å². The van der Waals surface area contributed by atoms with Crippen molar-refractivity contribution in [3.8, 4) is 11.8 Å². The number of hydrogen-bond donors (Lipinski definition) is 0. The summed E-state index contributed by atoms with van der Waals surface area (Å²) in [6.45, 7) is 3.19. The van der Waals surface area contributed by atoms with E-state index in [-0.39, 0.29) is 17.4 Å². The molecule has 7 nitrogen and oxygen atoms in total. The molecule has 1 saturated heterocycles. The lowest BCUT2D eigenvalue weighted by Gasteiger charge is -2.34. The SMILES string of the molecule is COc1cccc(C2=CS/C(=C(/C#N)C(=O)N3CCN(C(C)=O)CC3)N2c2cccc(Cl)c2)c1. The smallest absolute Gasteiger partial charge is 0.267 e. The molecule has 2 aliphatic heterocycles. The van der Waals surface area contributed by atoms with Gasteiger partial charge in [-0.05, 0) is 30.3 Å². The van der Waals surface area contributed by atoms with Crippen molar-refractivity contribution in [3.05, 3.63) is 75.1 Å². The van der Waals surface area contributed by atoms with Crippen LogP contribution in [0, 0.1) is 11.3 Å². The van der Waals surface area contributed by atoms with Crippen LogP contribution < -0.4 is 9.64 Å². The zero-order chi connectivity index (χ0) is 24.2. The highest BCUT2D eigenvalue weighted by Gasteiger charge is 2.33. The highest BCUT2D eigenvalue weighted by molar-refractivity contribution is 8.06. The van der Waals surface area contributed by atoms with Crippen molar-refractivity contribution in [2.45, 2.75) is 6.92 Å². The van der Waals surface area contributed by atoms with E-state index in [1.807, 2.05) is 46.7 Å². The Bertz CT molecular complexity index is 1230. The second-order valence-corrected chi connectivity index (χ2v) is 9.05. The van der Waals surface area contributed by atoms with E-state index < -0.39 is 0 Å². The molecule has 0 radical (unpaired) electrons. The molecule has 0 saturated carbocycles. The van der Waals surface area contributed by atoms with Gasteiger partial charge < -0.3 is 19.4 Å². The molecule has 1 fully saturated rings. The van der Waals surface area contributed by atoms with Gasteiger partial charge >= 0.3 is 0 Å². The predicted molar refractivity (Wildman–Crippen MR) is 134 cm³/mol. The maximum Gasteiger partial charge on any atom is 0.267 e. The normalized spacial score (nSPS) is 17.2. The Labute approximate surface area is 207 Å². The zero-order valence-corrected chi connectivity index (χ0v) is 20.4. The maximum absolute atomic E-state index is 13.4. The van der Waals surface area contributed by atoms with Gasteiger partial charge in [-0.2, -0.15) is 5.26 Å². The maximum atomic E-state index is 13.4. The monoisotopic (exact) mass is 494 g/mol. The Morgan fingerprint density at radius 2 is 1.76 bits per heavy atom. The topological polar surface area (TPSA) is 76.9 Å². The number of ether oxygens (including phenoxy) is 1. The van der Waals surface area contributed by atoms with Crippen molar-refractivity contribution in [2.24, 2.45) is 0 Å². The Hall–Kier alpha value is -3.41. The fraction of sp³-hybridized carbons (Fsp3) is 0.240. The van der Waals surface area contributed by atoms with E-state index in [0.717, 1.165) is 16.9 Å². The molecule has 2 aromatic rings. The molecule has 2 amide bonds. The summed E-state index contributed by atoms with van der Waals surface area (Å²) < 4.78 is 5.39. The van der Waals surface area contributed by atoms with Crippen LogP contribution in [0.1, 0.15) is 12.5 Å². The number of anilines is 1. The van der Waals surface area contributed by atoms with E-state index in [0.29, 0.717) is 42.0 Å². The van der Waals surface area contributed by atoms with Crippen molar-refractivity contribution in [1.29, 1.82) is 5.26 Å². The van der Waals surface area contributed by atoms with Crippen LogP contribution in [0.15, 0.2) is 64.5 Å². The number of piperazine rings is 1. The number of thioether (sulfide) groups is 1. The number of carbonyl (C=O) groups is 2. The van der Waals surface area contributed by atoms with Crippen LogP contribution in [-0.2, 0) is 9.59 Å². The Kier molecular flexibility index (Phi) is 7.15. The molecule has 0 N–H and O–H groups in total. The molecule has 0 unspecified atom stereocenters. The molecular formula is C25H23ClN4O3S. The molecule has 2 aromatic carbocycles. The quantitative estimate of drug-likeness (QED) is 0.465. The van der Waals surface area contributed by atoms with Gasteiger partial charge in [0.15, 0.2) is 0 Å². The fourth-order valence-electron chi connectivity index (χ4n) is 3.92. The number of halogens is 1. The Morgan fingerprint density at radius 1 is 1.06 bits per heavy atom. The van der Waals surface area contributed by atoms with E-state index in [2.05, 4.69) is 6.07 Å². The van der Waals surface area contributed by atoms with Gasteiger partial charge in [-0.1, -0.05) is 41.6 Å². The van der Waals surface area contributed by atoms with Gasteiger partial charge in [-0.15, -0.1) is 0 Å². The summed E-state index contributed by atoms with van der Waals surface area (Å²) in [6, 6.07) is 17.0. The van der Waals surface area contributed by atoms with Crippen LogP contribution in [0.25, 0.3) is 5.70 Å². The van der Waals surface area contributed by atoms with Gasteiger partial charge in [0.2, 0.25) is 5.91 Å². The first-order valence-electron chi connectivity index (χ1n) is 10.7. The molecule has 0 aromatic heterocycles. The fourth-order valence-corrected chi connectivity index (χ4v) is 5.13. The van der Waals surface area contributed by atoms with Crippen molar-refractivity contribution in [1.82, 2.24) is 9.80 Å². The van der Waals surface area contributed by atoms with Crippen LogP contribution in [-0.4, -0.2) is 54.9 Å². The van der Waals surface area contributed by atoms with E-state index in [1.54, 1.807) is 29.0 Å². The number of hydrogen-bond acceptors (Lipinski definition) is 6. The minimum atomic E-state index is -0.347. The first kappa shape index (κ1) is 23.7. The molecule has 0 atom stereocenters. The van der Waals surface area contributed by atoms with Gasteiger partial charge in [0.25, 0.3) is 5.91 Å². The summed E-state index contributed by atoms with van der Waals surface area (Å²) in [5.41, 5.74) is 2.48. The van der Waals surface area contributed by atoms with Gasteiger partial charge in [0.05, 0.1) is 12.8 Å². The molecular weight excluding hydrogens is 472 g/mol. The molecule has 174 valence electrons. The van der Waals surface area contributed by atoms with E-state index in [9.17, 15) is 14.9 Å². The third-order valence-electron chi connectivity index (χ3n) is 5.71. The second-order valence-electron chi connectivity index (χ2n) is 7.76. The standard InChI is InChI=1S/C25H23ClN4O3S/c1-17(31)28-9-11-29(12-10-28)24(32)22(15-27)25-30(20-7-4-6-19(26)14-20)23(16-34-25)18-5-3-8-21(13-18)33-2/h3-8,13-14,16H,9-12H2,1-2H3/b25-22-. The summed E-state index contributed by atoms with van der Waals surface area (Å²) in [6.07, 6.45) is 0. The van der Waals surface area contributed by atoms with Crippen molar-refractivity contribution >= 4 is 46.6 Å². The molecule has 0 bridgehead atoms. The van der Waals surface area contributed by atoms with Crippen LogP contribution in [0.3, 0.4) is 0 Å². The minimum absolute atomic E-state index is 0.0171. The number of methoxy groups -OCH3 is 1. The summed E-state index contributed by atoms with van der Waals surface area (Å²) in [5.74, 6) is 0.337. The zero-order valence-electron chi connectivity index (χ0n) is 18.8. The first-order valence-corrected chi connectivity index (χ1v) is 11.9. The molecule has 2 aliphatic rings. The summed E-state index contributed by atoms with van der Waals surface area (Å²) in [7, 11) is 1.61. The van der Waals surface area contributed by atoms with Crippen LogP contribution in [0.2, 0.25) is 5.02 Å². The third kappa shape index (κ3) is 4.76. The summed E-state index contributed by atoms with van der Waals surface area (Å²) in [4.78, 5) is 30.3. The van der Waals surface area contributed by atoms with Crippen LogP contribution in [0.4, 0.5) is 5.69 Å². The number of nitriles is 1. The number of carbonyl (C=O) groups excluding carboxylic acids is 2. The Morgan fingerprint density at radius 3 is 2.41 bits per heavy atom. The minimum Gasteiger partial charge on any atom is -0.497 e. The molecule has 4 rings (SSSR count). The van der Waals surface area contributed by atoms with Crippen molar-refractivity contribution in [3.63, 3.8) is 0 Å². The van der Waals surface area contributed by atoms with E-state index >= 15 is 0 Å².